The van der Waals surface area contributed by atoms with E-state index in [-0.39, 0.29) is 5.56 Å². The van der Waals surface area contributed by atoms with Crippen LogP contribution in [0.1, 0.15) is 26.3 Å². The van der Waals surface area contributed by atoms with Crippen LogP contribution in [0.4, 0.5) is 0 Å². The standard InChI is InChI=1S/C17H16N6O3S/c1-23-10-19-22-17(23)27-9-11-4-6-12(7-5-11)14(24)20-21-16(26)13-3-2-8-18-15(13)25/h2-8,10H,9H2,1H3,(H,18,25)(H,20,24)(H,21,26). The van der Waals surface area contributed by atoms with Gasteiger partial charge in [0.05, 0.1) is 0 Å². The van der Waals surface area contributed by atoms with Crippen LogP contribution in [0.5, 0.6) is 0 Å². The van der Waals surface area contributed by atoms with Gasteiger partial charge < -0.3 is 9.55 Å². The zero-order valence-corrected chi connectivity index (χ0v) is 15.1. The predicted octanol–water partition coefficient (Wildman–Crippen LogP) is 0.870. The Labute approximate surface area is 158 Å². The quantitative estimate of drug-likeness (QED) is 0.443. The third kappa shape index (κ3) is 4.61. The van der Waals surface area contributed by atoms with Gasteiger partial charge in [0.25, 0.3) is 17.4 Å². The van der Waals surface area contributed by atoms with Gasteiger partial charge in [0.2, 0.25) is 0 Å². The Kier molecular flexibility index (Phi) is 5.67. The van der Waals surface area contributed by atoms with Crippen LogP contribution in [-0.4, -0.2) is 31.6 Å². The SMILES string of the molecule is Cn1cnnc1SCc1ccc(C(=O)NNC(=O)c2ccc[nH]c2=O)cc1. The van der Waals surface area contributed by atoms with Crippen LogP contribution in [0.3, 0.4) is 0 Å². The molecule has 1 aromatic carbocycles. The van der Waals surface area contributed by atoms with Gasteiger partial charge in [0, 0.05) is 24.6 Å². The lowest BCUT2D eigenvalue weighted by molar-refractivity contribution is 0.0846. The Morgan fingerprint density at radius 2 is 1.89 bits per heavy atom. The number of nitrogens with one attached hydrogen (secondary N) is 3. The Hall–Kier alpha value is -3.40. The molecule has 0 aliphatic carbocycles. The first-order valence-electron chi connectivity index (χ1n) is 7.88. The van der Waals surface area contributed by atoms with E-state index in [1.807, 2.05) is 23.7 Å². The molecular weight excluding hydrogens is 368 g/mol. The van der Waals surface area contributed by atoms with Gasteiger partial charge in [-0.3, -0.25) is 25.2 Å². The third-order valence-corrected chi connectivity index (χ3v) is 4.71. The first-order chi connectivity index (χ1) is 13.0. The van der Waals surface area contributed by atoms with Crippen molar-refractivity contribution in [3.8, 4) is 0 Å². The van der Waals surface area contributed by atoms with E-state index in [9.17, 15) is 14.4 Å². The van der Waals surface area contributed by atoms with E-state index in [1.165, 1.54) is 30.1 Å². The van der Waals surface area contributed by atoms with Gasteiger partial charge in [-0.1, -0.05) is 23.9 Å². The van der Waals surface area contributed by atoms with Crippen molar-refractivity contribution in [3.05, 3.63) is 76.0 Å². The van der Waals surface area contributed by atoms with Crippen LogP contribution in [0, 0.1) is 0 Å². The molecule has 0 saturated heterocycles. The Morgan fingerprint density at radius 1 is 1.15 bits per heavy atom. The molecule has 0 aliphatic rings. The summed E-state index contributed by atoms with van der Waals surface area (Å²) in [5, 5.41) is 8.61. The van der Waals surface area contributed by atoms with Crippen LogP contribution in [-0.2, 0) is 12.8 Å². The molecule has 0 unspecified atom stereocenters. The van der Waals surface area contributed by atoms with Gasteiger partial charge in [-0.15, -0.1) is 10.2 Å². The first-order valence-corrected chi connectivity index (χ1v) is 8.87. The summed E-state index contributed by atoms with van der Waals surface area (Å²) in [5.74, 6) is -0.493. The number of aryl methyl sites for hydroxylation is 1. The van der Waals surface area contributed by atoms with Gasteiger partial charge in [-0.05, 0) is 29.8 Å². The normalized spacial score (nSPS) is 10.4. The molecule has 2 aromatic heterocycles. The van der Waals surface area contributed by atoms with Crippen molar-refractivity contribution < 1.29 is 9.59 Å². The van der Waals surface area contributed by atoms with Gasteiger partial charge in [0.1, 0.15) is 11.9 Å². The lowest BCUT2D eigenvalue weighted by Gasteiger charge is -2.07. The number of hydrogen-bond acceptors (Lipinski definition) is 6. The summed E-state index contributed by atoms with van der Waals surface area (Å²) >= 11 is 1.53. The second-order valence-corrected chi connectivity index (χ2v) is 6.47. The monoisotopic (exact) mass is 384 g/mol. The maximum atomic E-state index is 12.1. The molecule has 0 atom stereocenters. The largest absolute Gasteiger partial charge is 0.328 e. The molecule has 10 heteroatoms. The van der Waals surface area contributed by atoms with E-state index >= 15 is 0 Å². The highest BCUT2D eigenvalue weighted by atomic mass is 32.2. The molecule has 3 N–H and O–H groups in total. The fourth-order valence-corrected chi connectivity index (χ4v) is 3.00. The van der Waals surface area contributed by atoms with Crippen molar-refractivity contribution >= 4 is 23.6 Å². The number of rotatable bonds is 5. The van der Waals surface area contributed by atoms with Crippen molar-refractivity contribution in [3.63, 3.8) is 0 Å². The van der Waals surface area contributed by atoms with Crippen molar-refractivity contribution in [1.82, 2.24) is 30.6 Å². The molecule has 2 heterocycles. The van der Waals surface area contributed by atoms with Gasteiger partial charge in [-0.2, -0.15) is 0 Å². The lowest BCUT2D eigenvalue weighted by Crippen LogP contribution is -2.43. The minimum atomic E-state index is -0.693. The maximum absolute atomic E-state index is 12.1. The molecule has 138 valence electrons. The molecule has 2 amide bonds. The van der Waals surface area contributed by atoms with Gasteiger partial charge in [0.15, 0.2) is 5.16 Å². The van der Waals surface area contributed by atoms with Crippen LogP contribution in [0.2, 0.25) is 0 Å². The minimum absolute atomic E-state index is 0.0889. The summed E-state index contributed by atoms with van der Waals surface area (Å²) < 4.78 is 1.83. The Bertz CT molecular complexity index is 1010. The van der Waals surface area contributed by atoms with Gasteiger partial charge >= 0.3 is 0 Å². The smallest absolute Gasteiger partial charge is 0.275 e. The van der Waals surface area contributed by atoms with E-state index in [2.05, 4.69) is 26.0 Å². The number of pyridine rings is 1. The van der Waals surface area contributed by atoms with Crippen molar-refractivity contribution in [2.45, 2.75) is 10.9 Å². The summed E-state index contributed by atoms with van der Waals surface area (Å²) in [6.07, 6.45) is 3.05. The molecular formula is C17H16N6O3S. The summed E-state index contributed by atoms with van der Waals surface area (Å²) in [4.78, 5) is 38.0. The maximum Gasteiger partial charge on any atom is 0.275 e. The van der Waals surface area contributed by atoms with Crippen LogP contribution < -0.4 is 16.4 Å². The fourth-order valence-electron chi connectivity index (χ4n) is 2.16. The zero-order chi connectivity index (χ0) is 19.2. The number of carbonyl (C=O) groups excluding carboxylic acids is 2. The number of thioether (sulfide) groups is 1. The van der Waals surface area contributed by atoms with Crippen LogP contribution in [0.25, 0.3) is 0 Å². The molecule has 27 heavy (non-hydrogen) atoms. The number of hydrogen-bond donors (Lipinski definition) is 3. The molecule has 0 aliphatic heterocycles. The average molecular weight is 384 g/mol. The molecule has 3 rings (SSSR count). The van der Waals surface area contributed by atoms with E-state index < -0.39 is 17.4 Å². The van der Waals surface area contributed by atoms with Crippen molar-refractivity contribution in [1.29, 1.82) is 0 Å². The fraction of sp³-hybridized carbons (Fsp3) is 0.118. The number of aromatic amines is 1. The van der Waals surface area contributed by atoms with E-state index in [1.54, 1.807) is 18.5 Å². The van der Waals surface area contributed by atoms with E-state index in [0.717, 1.165) is 10.7 Å². The number of H-pyrrole nitrogens is 1. The predicted molar refractivity (Wildman–Crippen MR) is 99.0 cm³/mol. The second kappa shape index (κ2) is 8.32. The Morgan fingerprint density at radius 3 is 2.56 bits per heavy atom. The molecule has 0 saturated carbocycles. The van der Waals surface area contributed by atoms with Crippen molar-refractivity contribution in [2.24, 2.45) is 7.05 Å². The van der Waals surface area contributed by atoms with E-state index in [0.29, 0.717) is 11.3 Å². The molecule has 0 radical (unpaired) electrons. The number of nitrogens with zero attached hydrogens (tertiary/aromatic N) is 3. The molecule has 0 bridgehead atoms. The highest BCUT2D eigenvalue weighted by Crippen LogP contribution is 2.19. The van der Waals surface area contributed by atoms with Crippen molar-refractivity contribution in [2.75, 3.05) is 0 Å². The first kappa shape index (κ1) is 18.4. The highest BCUT2D eigenvalue weighted by Gasteiger charge is 2.12. The number of benzene rings is 1. The molecule has 9 nitrogen and oxygen atoms in total. The second-order valence-electron chi connectivity index (χ2n) is 5.53. The number of aromatic nitrogens is 4. The van der Waals surface area contributed by atoms with Gasteiger partial charge in [-0.25, -0.2) is 0 Å². The minimum Gasteiger partial charge on any atom is -0.328 e. The van der Waals surface area contributed by atoms with Crippen LogP contribution in [0.15, 0.2) is 58.9 Å². The molecule has 0 spiro atoms. The highest BCUT2D eigenvalue weighted by molar-refractivity contribution is 7.98. The summed E-state index contributed by atoms with van der Waals surface area (Å²) in [7, 11) is 1.87. The summed E-state index contributed by atoms with van der Waals surface area (Å²) in [6, 6.07) is 9.84. The Balaban J connectivity index is 1.54. The van der Waals surface area contributed by atoms with Crippen LogP contribution >= 0.6 is 11.8 Å². The third-order valence-electron chi connectivity index (χ3n) is 3.61. The average Bonchev–Trinajstić information content (AvgIpc) is 3.10. The zero-order valence-electron chi connectivity index (χ0n) is 14.3. The molecule has 0 fully saturated rings. The van der Waals surface area contributed by atoms with E-state index in [4.69, 9.17) is 0 Å². The summed E-state index contributed by atoms with van der Waals surface area (Å²) in [6.45, 7) is 0. The summed E-state index contributed by atoms with van der Waals surface area (Å²) in [5.41, 5.74) is 5.28. The number of amides is 2. The number of hydrazine groups is 1. The molecule has 3 aromatic rings. The number of carbonyl (C=O) groups is 2. The topological polar surface area (TPSA) is 122 Å². The lowest BCUT2D eigenvalue weighted by atomic mass is 10.1.